The van der Waals surface area contributed by atoms with Crippen molar-refractivity contribution in [1.29, 1.82) is 0 Å². The summed E-state index contributed by atoms with van der Waals surface area (Å²) in [5, 5.41) is 0. The Bertz CT molecular complexity index is 255. The summed E-state index contributed by atoms with van der Waals surface area (Å²) in [4.78, 5) is 10.6. The standard InChI is InChI=1S/C15H28OSi/c1-13(2)10-17(9-7-8-16,11-14(3)4)12-15(5)6/h8,13-15H,10-12H2,1-6H3. The molecule has 0 saturated carbocycles. The van der Waals surface area contributed by atoms with Crippen molar-refractivity contribution >= 4 is 14.4 Å². The molecule has 0 bridgehead atoms. The molecule has 0 fully saturated rings. The summed E-state index contributed by atoms with van der Waals surface area (Å²) in [5.41, 5.74) is 3.40. The highest BCUT2D eigenvalue weighted by molar-refractivity contribution is 6.87. The topological polar surface area (TPSA) is 17.1 Å². The van der Waals surface area contributed by atoms with Crippen molar-refractivity contribution in [2.45, 2.75) is 59.7 Å². The van der Waals surface area contributed by atoms with Crippen molar-refractivity contribution in [3.05, 3.63) is 0 Å². The molecule has 0 atom stereocenters. The van der Waals surface area contributed by atoms with Crippen LogP contribution in [0.1, 0.15) is 41.5 Å². The fourth-order valence-corrected chi connectivity index (χ4v) is 8.79. The lowest BCUT2D eigenvalue weighted by Gasteiger charge is -2.31. The average Bonchev–Trinajstić information content (AvgIpc) is 2.11. The summed E-state index contributed by atoms with van der Waals surface area (Å²) >= 11 is 0. The molecule has 0 aliphatic rings. The third-order valence-electron chi connectivity index (χ3n) is 2.79. The Labute approximate surface area is 108 Å². The Balaban J connectivity index is 5.10. The van der Waals surface area contributed by atoms with Gasteiger partial charge in [0.2, 0.25) is 0 Å². The highest BCUT2D eigenvalue weighted by Crippen LogP contribution is 2.31. The Kier molecular flexibility index (Phi) is 7.46. The predicted molar refractivity (Wildman–Crippen MR) is 78.5 cm³/mol. The normalized spacial score (nSPS) is 11.8. The molecular weight excluding hydrogens is 224 g/mol. The summed E-state index contributed by atoms with van der Waals surface area (Å²) in [6.07, 6.45) is 0.767. The monoisotopic (exact) mass is 252 g/mol. The van der Waals surface area contributed by atoms with Gasteiger partial charge in [-0.15, -0.1) is 5.54 Å². The summed E-state index contributed by atoms with van der Waals surface area (Å²) < 4.78 is 0. The largest absolute Gasteiger partial charge is 0.289 e. The Morgan fingerprint density at radius 2 is 1.24 bits per heavy atom. The van der Waals surface area contributed by atoms with Crippen LogP contribution < -0.4 is 0 Å². The maximum atomic E-state index is 10.6. The van der Waals surface area contributed by atoms with Gasteiger partial charge in [-0.05, 0) is 41.8 Å². The van der Waals surface area contributed by atoms with Gasteiger partial charge in [-0.25, -0.2) is 0 Å². The second-order valence-corrected chi connectivity index (χ2v) is 10.5. The van der Waals surface area contributed by atoms with E-state index in [1.165, 1.54) is 18.1 Å². The minimum Gasteiger partial charge on any atom is -0.289 e. The summed E-state index contributed by atoms with van der Waals surface area (Å²) in [6, 6.07) is 3.68. The second-order valence-electron chi connectivity index (χ2n) is 6.46. The summed E-state index contributed by atoms with van der Waals surface area (Å²) in [5.74, 6) is 4.78. The van der Waals surface area contributed by atoms with Crippen LogP contribution >= 0.6 is 0 Å². The van der Waals surface area contributed by atoms with Crippen molar-refractivity contribution in [1.82, 2.24) is 0 Å². The lowest BCUT2D eigenvalue weighted by molar-refractivity contribution is -0.103. The van der Waals surface area contributed by atoms with Gasteiger partial charge in [-0.1, -0.05) is 41.5 Å². The van der Waals surface area contributed by atoms with Crippen LogP contribution in [0.4, 0.5) is 0 Å². The summed E-state index contributed by atoms with van der Waals surface area (Å²) in [6.45, 7) is 13.6. The molecular formula is C15H28OSi. The van der Waals surface area contributed by atoms with E-state index in [1.54, 1.807) is 0 Å². The van der Waals surface area contributed by atoms with E-state index in [4.69, 9.17) is 0 Å². The second kappa shape index (κ2) is 7.71. The van der Waals surface area contributed by atoms with Crippen LogP contribution in [-0.4, -0.2) is 14.4 Å². The van der Waals surface area contributed by atoms with Gasteiger partial charge in [0.15, 0.2) is 6.29 Å². The zero-order valence-corrected chi connectivity index (χ0v) is 13.3. The highest BCUT2D eigenvalue weighted by Gasteiger charge is 2.33. The number of carbonyl (C=O) groups is 1. The van der Waals surface area contributed by atoms with Crippen molar-refractivity contribution < 1.29 is 4.79 Å². The van der Waals surface area contributed by atoms with Crippen LogP contribution in [0.15, 0.2) is 0 Å². The molecule has 0 rings (SSSR count). The molecule has 0 aromatic carbocycles. The minimum atomic E-state index is -1.60. The number of hydrogen-bond acceptors (Lipinski definition) is 1. The third kappa shape index (κ3) is 7.39. The van der Waals surface area contributed by atoms with Gasteiger partial charge in [0.05, 0.1) is 0 Å². The van der Waals surface area contributed by atoms with E-state index in [2.05, 4.69) is 53.0 Å². The molecule has 0 aliphatic carbocycles. The first-order valence-electron chi connectivity index (χ1n) is 6.77. The Hall–Kier alpha value is -0.553. The van der Waals surface area contributed by atoms with Crippen molar-refractivity contribution in [2.24, 2.45) is 17.8 Å². The van der Waals surface area contributed by atoms with Crippen LogP contribution in [0.5, 0.6) is 0 Å². The fraction of sp³-hybridized carbons (Fsp3) is 0.800. The lowest BCUT2D eigenvalue weighted by Crippen LogP contribution is -2.37. The van der Waals surface area contributed by atoms with E-state index in [9.17, 15) is 4.79 Å². The minimum absolute atomic E-state index is 0.681. The molecule has 98 valence electrons. The average molecular weight is 252 g/mol. The molecule has 0 radical (unpaired) electrons. The molecule has 17 heavy (non-hydrogen) atoms. The smallest absolute Gasteiger partial charge is 0.192 e. The quantitative estimate of drug-likeness (QED) is 0.394. The molecule has 0 N–H and O–H groups in total. The molecule has 1 nitrogen and oxygen atoms in total. The Morgan fingerprint density at radius 1 is 0.882 bits per heavy atom. The molecule has 2 heteroatoms. The molecule has 0 aromatic heterocycles. The predicted octanol–water partition coefficient (Wildman–Crippen LogP) is 4.14. The molecule has 0 saturated heterocycles. The van der Waals surface area contributed by atoms with Crippen LogP contribution in [0.25, 0.3) is 0 Å². The number of carbonyl (C=O) groups excluding carboxylic acids is 1. The van der Waals surface area contributed by atoms with E-state index in [0.29, 0.717) is 17.8 Å². The van der Waals surface area contributed by atoms with E-state index < -0.39 is 8.07 Å². The van der Waals surface area contributed by atoms with Gasteiger partial charge in [0.1, 0.15) is 8.07 Å². The maximum Gasteiger partial charge on any atom is 0.192 e. The van der Waals surface area contributed by atoms with Gasteiger partial charge in [0.25, 0.3) is 0 Å². The first kappa shape index (κ1) is 16.4. The lowest BCUT2D eigenvalue weighted by atomic mass is 10.2. The van der Waals surface area contributed by atoms with Gasteiger partial charge < -0.3 is 0 Å². The van der Waals surface area contributed by atoms with E-state index >= 15 is 0 Å². The van der Waals surface area contributed by atoms with E-state index in [0.717, 1.165) is 6.29 Å². The van der Waals surface area contributed by atoms with E-state index in [1.807, 2.05) is 0 Å². The molecule has 0 heterocycles. The first-order valence-corrected chi connectivity index (χ1v) is 9.40. The first-order chi connectivity index (χ1) is 7.81. The highest BCUT2D eigenvalue weighted by atomic mass is 28.3. The van der Waals surface area contributed by atoms with Crippen LogP contribution in [-0.2, 0) is 4.79 Å². The fourth-order valence-electron chi connectivity index (χ4n) is 2.93. The Morgan fingerprint density at radius 3 is 1.47 bits per heavy atom. The summed E-state index contributed by atoms with van der Waals surface area (Å²) in [7, 11) is -1.60. The molecule has 0 spiro atoms. The van der Waals surface area contributed by atoms with Crippen LogP contribution in [0, 0.1) is 29.2 Å². The van der Waals surface area contributed by atoms with Gasteiger partial charge >= 0.3 is 0 Å². The van der Waals surface area contributed by atoms with Gasteiger partial charge in [-0.3, -0.25) is 4.79 Å². The molecule has 0 aliphatic heterocycles. The van der Waals surface area contributed by atoms with Gasteiger partial charge in [-0.2, -0.15) is 0 Å². The van der Waals surface area contributed by atoms with Crippen LogP contribution in [0.3, 0.4) is 0 Å². The van der Waals surface area contributed by atoms with Crippen molar-refractivity contribution in [3.63, 3.8) is 0 Å². The SMILES string of the molecule is CC(C)C[Si](C#CC=O)(CC(C)C)CC(C)C. The molecule has 0 aromatic rings. The number of aldehydes is 1. The maximum absolute atomic E-state index is 10.6. The third-order valence-corrected chi connectivity index (χ3v) is 8.26. The number of hydrogen-bond donors (Lipinski definition) is 0. The number of rotatable bonds is 6. The zero-order valence-electron chi connectivity index (χ0n) is 12.3. The van der Waals surface area contributed by atoms with Crippen molar-refractivity contribution in [3.8, 4) is 11.5 Å². The van der Waals surface area contributed by atoms with Crippen molar-refractivity contribution in [2.75, 3.05) is 0 Å². The van der Waals surface area contributed by atoms with Crippen LogP contribution in [0.2, 0.25) is 18.1 Å². The zero-order chi connectivity index (χ0) is 13.5. The molecule has 0 amide bonds. The van der Waals surface area contributed by atoms with Gasteiger partial charge in [0, 0.05) is 0 Å². The van der Waals surface area contributed by atoms with E-state index in [-0.39, 0.29) is 0 Å². The molecule has 0 unspecified atom stereocenters.